The molecule has 1 atom stereocenters. The molecule has 0 aliphatic heterocycles. The molecule has 1 N–H and O–H groups in total. The molecule has 0 aliphatic carbocycles. The SMILES string of the molecule is CCNC(C)CCc1nc(CSC(C)C)no1. The first-order valence-electron chi connectivity index (χ1n) is 6.28. The van der Waals surface area contributed by atoms with E-state index >= 15 is 0 Å². The Morgan fingerprint density at radius 2 is 2.12 bits per heavy atom. The van der Waals surface area contributed by atoms with E-state index in [2.05, 4.69) is 43.2 Å². The number of nitrogens with one attached hydrogen (secondary N) is 1. The lowest BCUT2D eigenvalue weighted by molar-refractivity contribution is 0.364. The van der Waals surface area contributed by atoms with Crippen LogP contribution in [0.3, 0.4) is 0 Å². The van der Waals surface area contributed by atoms with Crippen LogP contribution in [0.25, 0.3) is 0 Å². The van der Waals surface area contributed by atoms with Crippen LogP contribution in [0.1, 0.15) is 45.8 Å². The maximum atomic E-state index is 5.22. The van der Waals surface area contributed by atoms with E-state index in [1.54, 1.807) is 0 Å². The van der Waals surface area contributed by atoms with Gasteiger partial charge in [-0.3, -0.25) is 0 Å². The normalized spacial score (nSPS) is 13.2. The molecule has 98 valence electrons. The van der Waals surface area contributed by atoms with E-state index < -0.39 is 0 Å². The van der Waals surface area contributed by atoms with Crippen molar-refractivity contribution in [1.29, 1.82) is 0 Å². The molecule has 1 aromatic heterocycles. The number of thioether (sulfide) groups is 1. The number of hydrogen-bond acceptors (Lipinski definition) is 5. The van der Waals surface area contributed by atoms with Crippen LogP contribution in [0.4, 0.5) is 0 Å². The third kappa shape index (κ3) is 6.07. The van der Waals surface area contributed by atoms with Gasteiger partial charge in [-0.2, -0.15) is 16.7 Å². The smallest absolute Gasteiger partial charge is 0.226 e. The number of hydrogen-bond donors (Lipinski definition) is 1. The summed E-state index contributed by atoms with van der Waals surface area (Å²) in [7, 11) is 0. The first kappa shape index (κ1) is 14.5. The second-order valence-corrected chi connectivity index (χ2v) is 6.03. The summed E-state index contributed by atoms with van der Waals surface area (Å²) in [6.07, 6.45) is 1.89. The van der Waals surface area contributed by atoms with Crippen molar-refractivity contribution in [2.45, 2.75) is 57.6 Å². The van der Waals surface area contributed by atoms with E-state index in [-0.39, 0.29) is 0 Å². The zero-order valence-electron chi connectivity index (χ0n) is 11.2. The van der Waals surface area contributed by atoms with Crippen LogP contribution in [-0.2, 0) is 12.2 Å². The van der Waals surface area contributed by atoms with Crippen molar-refractivity contribution >= 4 is 11.8 Å². The van der Waals surface area contributed by atoms with Crippen LogP contribution in [0, 0.1) is 0 Å². The van der Waals surface area contributed by atoms with E-state index in [1.807, 2.05) is 11.8 Å². The second-order valence-electron chi connectivity index (χ2n) is 4.46. The zero-order valence-corrected chi connectivity index (χ0v) is 12.0. The van der Waals surface area contributed by atoms with Gasteiger partial charge in [-0.25, -0.2) is 0 Å². The molecule has 0 amide bonds. The average Bonchev–Trinajstić information content (AvgIpc) is 2.72. The topological polar surface area (TPSA) is 51.0 Å². The molecule has 0 bridgehead atoms. The minimum absolute atomic E-state index is 0.500. The van der Waals surface area contributed by atoms with E-state index in [0.29, 0.717) is 11.3 Å². The summed E-state index contributed by atoms with van der Waals surface area (Å²) in [5.41, 5.74) is 0. The minimum atomic E-state index is 0.500. The highest BCUT2D eigenvalue weighted by Crippen LogP contribution is 2.15. The zero-order chi connectivity index (χ0) is 12.7. The van der Waals surface area contributed by atoms with Crippen LogP contribution < -0.4 is 5.32 Å². The fourth-order valence-electron chi connectivity index (χ4n) is 1.48. The van der Waals surface area contributed by atoms with Crippen LogP contribution in [0.2, 0.25) is 0 Å². The van der Waals surface area contributed by atoms with Gasteiger partial charge in [0.05, 0.1) is 5.75 Å². The van der Waals surface area contributed by atoms with Crippen molar-refractivity contribution in [3.05, 3.63) is 11.7 Å². The van der Waals surface area contributed by atoms with Crippen molar-refractivity contribution < 1.29 is 4.52 Å². The summed E-state index contributed by atoms with van der Waals surface area (Å²) >= 11 is 1.83. The van der Waals surface area contributed by atoms with Crippen LogP contribution in [0.5, 0.6) is 0 Å². The molecular formula is C12H23N3OS. The van der Waals surface area contributed by atoms with Gasteiger partial charge in [0.2, 0.25) is 5.89 Å². The molecule has 0 aliphatic rings. The molecule has 0 saturated heterocycles. The molecule has 1 heterocycles. The third-order valence-corrected chi connectivity index (χ3v) is 3.49. The summed E-state index contributed by atoms with van der Waals surface area (Å²) in [5.74, 6) is 2.41. The highest BCUT2D eigenvalue weighted by atomic mass is 32.2. The van der Waals surface area contributed by atoms with Gasteiger partial charge >= 0.3 is 0 Å². The molecule has 0 aromatic carbocycles. The fraction of sp³-hybridized carbons (Fsp3) is 0.833. The van der Waals surface area contributed by atoms with Crippen molar-refractivity contribution in [1.82, 2.24) is 15.5 Å². The van der Waals surface area contributed by atoms with E-state index in [9.17, 15) is 0 Å². The Balaban J connectivity index is 2.30. The van der Waals surface area contributed by atoms with Gasteiger partial charge in [-0.15, -0.1) is 0 Å². The summed E-state index contributed by atoms with van der Waals surface area (Å²) < 4.78 is 5.22. The van der Waals surface area contributed by atoms with Gasteiger partial charge in [-0.05, 0) is 25.1 Å². The highest BCUT2D eigenvalue weighted by Gasteiger charge is 2.09. The molecule has 5 heteroatoms. The van der Waals surface area contributed by atoms with Gasteiger partial charge in [0, 0.05) is 12.5 Å². The first-order chi connectivity index (χ1) is 8.11. The van der Waals surface area contributed by atoms with Gasteiger partial charge < -0.3 is 9.84 Å². The lowest BCUT2D eigenvalue weighted by atomic mass is 10.2. The summed E-state index contributed by atoms with van der Waals surface area (Å²) in [5, 5.41) is 7.96. The Morgan fingerprint density at radius 3 is 2.76 bits per heavy atom. The quantitative estimate of drug-likeness (QED) is 0.776. The largest absolute Gasteiger partial charge is 0.339 e. The third-order valence-electron chi connectivity index (χ3n) is 2.40. The molecule has 1 rings (SSSR count). The Labute approximate surface area is 108 Å². The Bertz CT molecular complexity index is 314. The monoisotopic (exact) mass is 257 g/mol. The predicted molar refractivity (Wildman–Crippen MR) is 72.2 cm³/mol. The number of aromatic nitrogens is 2. The van der Waals surface area contributed by atoms with Gasteiger partial charge in [-0.1, -0.05) is 25.9 Å². The van der Waals surface area contributed by atoms with Gasteiger partial charge in [0.1, 0.15) is 0 Å². The Hall–Kier alpha value is -0.550. The van der Waals surface area contributed by atoms with Crippen molar-refractivity contribution in [2.24, 2.45) is 0 Å². The predicted octanol–water partition coefficient (Wildman–Crippen LogP) is 2.64. The highest BCUT2D eigenvalue weighted by molar-refractivity contribution is 7.99. The molecule has 0 saturated carbocycles. The van der Waals surface area contributed by atoms with E-state index in [4.69, 9.17) is 4.52 Å². The second kappa shape index (κ2) is 7.71. The number of aryl methyl sites for hydroxylation is 1. The molecule has 1 aromatic rings. The first-order valence-corrected chi connectivity index (χ1v) is 7.33. The van der Waals surface area contributed by atoms with Gasteiger partial charge in [0.15, 0.2) is 5.82 Å². The summed E-state index contributed by atoms with van der Waals surface area (Å²) in [4.78, 5) is 4.39. The molecular weight excluding hydrogens is 234 g/mol. The lowest BCUT2D eigenvalue weighted by Gasteiger charge is -2.09. The maximum Gasteiger partial charge on any atom is 0.226 e. The van der Waals surface area contributed by atoms with Crippen LogP contribution >= 0.6 is 11.8 Å². The molecule has 0 spiro atoms. The van der Waals surface area contributed by atoms with Crippen molar-refractivity contribution in [2.75, 3.05) is 6.54 Å². The van der Waals surface area contributed by atoms with Crippen molar-refractivity contribution in [3.63, 3.8) is 0 Å². The molecule has 17 heavy (non-hydrogen) atoms. The maximum absolute atomic E-state index is 5.22. The summed E-state index contributed by atoms with van der Waals surface area (Å²) in [6.45, 7) is 9.63. The van der Waals surface area contributed by atoms with Crippen molar-refractivity contribution in [3.8, 4) is 0 Å². The number of rotatable bonds is 8. The van der Waals surface area contributed by atoms with Gasteiger partial charge in [0.25, 0.3) is 0 Å². The Morgan fingerprint density at radius 1 is 1.35 bits per heavy atom. The standard InChI is InChI=1S/C12H23N3OS/c1-5-13-10(4)6-7-12-14-11(15-16-12)8-17-9(2)3/h9-10,13H,5-8H2,1-4H3. The van der Waals surface area contributed by atoms with E-state index in [1.165, 1.54) is 0 Å². The average molecular weight is 257 g/mol. The number of nitrogens with zero attached hydrogens (tertiary/aromatic N) is 2. The summed E-state index contributed by atoms with van der Waals surface area (Å²) in [6, 6.07) is 0.500. The lowest BCUT2D eigenvalue weighted by Crippen LogP contribution is -2.25. The molecule has 1 unspecified atom stereocenters. The fourth-order valence-corrected chi connectivity index (χ4v) is 2.08. The van der Waals surface area contributed by atoms with Crippen LogP contribution in [0.15, 0.2) is 4.52 Å². The molecule has 0 fully saturated rings. The Kier molecular flexibility index (Phi) is 6.58. The molecule has 4 nitrogen and oxygen atoms in total. The van der Waals surface area contributed by atoms with Crippen LogP contribution in [-0.4, -0.2) is 28.0 Å². The molecule has 0 radical (unpaired) electrons. The van der Waals surface area contributed by atoms with E-state index in [0.717, 1.165) is 36.9 Å². The minimum Gasteiger partial charge on any atom is -0.339 e.